The second kappa shape index (κ2) is 15.2. The lowest BCUT2D eigenvalue weighted by Crippen LogP contribution is -2.45. The first-order chi connectivity index (χ1) is 22.5. The fourth-order valence-corrected chi connectivity index (χ4v) is 6.08. The number of nitrogens with zero attached hydrogens (tertiary/aromatic N) is 4. The number of carboxylic acid groups (broad SMARTS) is 1. The number of imidazole rings is 1. The Hall–Kier alpha value is -3.70. The van der Waals surface area contributed by atoms with E-state index in [1.807, 2.05) is 16.7 Å². The van der Waals surface area contributed by atoms with Crippen LogP contribution >= 0.6 is 23.2 Å². The van der Waals surface area contributed by atoms with Gasteiger partial charge in [0, 0.05) is 47.3 Å². The normalized spacial score (nSPS) is 12.8. The Morgan fingerprint density at radius 1 is 1.06 bits per heavy atom. The maximum Gasteiger partial charge on any atom is 0.322 e. The molecule has 0 aliphatic rings. The number of carbonyl (C=O) groups is 1. The number of aliphatic carboxylic acids is 1. The molecule has 0 fully saturated rings. The highest BCUT2D eigenvalue weighted by Crippen LogP contribution is 2.38. The smallest absolute Gasteiger partial charge is 0.322 e. The van der Waals surface area contributed by atoms with Crippen molar-refractivity contribution >= 4 is 34.9 Å². The standard InChI is InChI=1S/C36H43Cl2F2N5O3/c1-23(35(46)47)43(17-8-18-45(4,5)6)42-26-20-30(38)28(31(40)21-26)14-16-34-41-22-33(44(34)27-12-10-25(39)11-13-27)36(2,3)24-9-15-29(37)32(19-24)48-7/h9-13,15,19-23,42H,8,14,16-18H2,1-7H3/p+1. The van der Waals surface area contributed by atoms with E-state index in [1.54, 1.807) is 49.5 Å². The molecule has 0 bridgehead atoms. The summed E-state index contributed by atoms with van der Waals surface area (Å²) in [7, 11) is 7.76. The molecule has 0 aliphatic carbocycles. The predicted octanol–water partition coefficient (Wildman–Crippen LogP) is 7.78. The van der Waals surface area contributed by atoms with Crippen molar-refractivity contribution in [2.75, 3.05) is 46.8 Å². The first-order valence-electron chi connectivity index (χ1n) is 15.7. The molecule has 1 atom stereocenters. The number of halogens is 4. The second-order valence-electron chi connectivity index (χ2n) is 13.5. The minimum Gasteiger partial charge on any atom is -0.495 e. The monoisotopic (exact) mass is 702 g/mol. The molecule has 0 saturated carbocycles. The zero-order valence-corrected chi connectivity index (χ0v) is 30.0. The molecular weight excluding hydrogens is 659 g/mol. The quantitative estimate of drug-likeness (QED) is 0.0974. The average Bonchev–Trinajstić information content (AvgIpc) is 3.44. The molecule has 12 heteroatoms. The number of carboxylic acids is 1. The number of hydrogen-bond acceptors (Lipinski definition) is 5. The number of aromatic nitrogens is 2. The average molecular weight is 704 g/mol. The van der Waals surface area contributed by atoms with Crippen molar-refractivity contribution in [3.63, 3.8) is 0 Å². The molecule has 0 spiro atoms. The lowest BCUT2D eigenvalue weighted by Gasteiger charge is -2.30. The lowest BCUT2D eigenvalue weighted by atomic mass is 9.81. The number of quaternary nitrogens is 1. The number of nitrogens with one attached hydrogen (secondary N) is 1. The summed E-state index contributed by atoms with van der Waals surface area (Å²) >= 11 is 13.0. The molecule has 4 rings (SSSR count). The molecule has 2 N–H and O–H groups in total. The highest BCUT2D eigenvalue weighted by molar-refractivity contribution is 6.32. The molecular formula is C36H44Cl2F2N5O3+. The topological polar surface area (TPSA) is 79.6 Å². The van der Waals surface area contributed by atoms with Gasteiger partial charge in [-0.25, -0.2) is 18.8 Å². The van der Waals surface area contributed by atoms with Crippen LogP contribution in [0.25, 0.3) is 5.69 Å². The van der Waals surface area contributed by atoms with Crippen LogP contribution in [-0.4, -0.2) is 77.5 Å². The van der Waals surface area contributed by atoms with Crippen LogP contribution in [0.5, 0.6) is 5.75 Å². The molecule has 0 aliphatic heterocycles. The van der Waals surface area contributed by atoms with E-state index in [-0.39, 0.29) is 17.3 Å². The van der Waals surface area contributed by atoms with E-state index in [9.17, 15) is 14.3 Å². The van der Waals surface area contributed by atoms with Crippen molar-refractivity contribution in [2.45, 2.75) is 51.5 Å². The minimum absolute atomic E-state index is 0.209. The fourth-order valence-electron chi connectivity index (χ4n) is 5.59. The van der Waals surface area contributed by atoms with Gasteiger partial charge in [0.1, 0.15) is 29.3 Å². The summed E-state index contributed by atoms with van der Waals surface area (Å²) in [5.41, 5.74) is 5.61. The van der Waals surface area contributed by atoms with Gasteiger partial charge in [-0.3, -0.25) is 9.36 Å². The van der Waals surface area contributed by atoms with Gasteiger partial charge in [0.15, 0.2) is 0 Å². The van der Waals surface area contributed by atoms with Gasteiger partial charge < -0.3 is 19.8 Å². The third kappa shape index (κ3) is 8.85. The van der Waals surface area contributed by atoms with Crippen molar-refractivity contribution < 1.29 is 27.9 Å². The van der Waals surface area contributed by atoms with Crippen molar-refractivity contribution in [2.24, 2.45) is 0 Å². The van der Waals surface area contributed by atoms with Crippen molar-refractivity contribution in [3.05, 3.63) is 105 Å². The molecule has 0 amide bonds. The van der Waals surface area contributed by atoms with Crippen LogP contribution in [0.2, 0.25) is 10.0 Å². The van der Waals surface area contributed by atoms with Gasteiger partial charge in [-0.2, -0.15) is 0 Å². The highest BCUT2D eigenvalue weighted by Gasteiger charge is 2.30. The molecule has 8 nitrogen and oxygen atoms in total. The molecule has 1 aromatic heterocycles. The number of anilines is 1. The summed E-state index contributed by atoms with van der Waals surface area (Å²) in [4.78, 5) is 16.6. The third-order valence-electron chi connectivity index (χ3n) is 8.50. The maximum absolute atomic E-state index is 15.7. The number of hydrazine groups is 1. The van der Waals surface area contributed by atoms with Crippen LogP contribution < -0.4 is 10.2 Å². The van der Waals surface area contributed by atoms with Crippen LogP contribution in [-0.2, 0) is 23.1 Å². The van der Waals surface area contributed by atoms with Crippen LogP contribution in [0.1, 0.15) is 49.8 Å². The SMILES string of the molecule is COc1cc(C(C)(C)c2cnc(CCc3c(F)cc(NN(CCC[N+](C)(C)C)C(C)C(=O)O)cc3Cl)n2-c2ccc(F)cc2)ccc1Cl. The number of aryl methyl sites for hydroxylation is 1. The van der Waals surface area contributed by atoms with Crippen molar-refractivity contribution in [1.82, 2.24) is 14.6 Å². The Labute approximate surface area is 291 Å². The van der Waals surface area contributed by atoms with Gasteiger partial charge in [-0.05, 0) is 67.4 Å². The summed E-state index contributed by atoms with van der Waals surface area (Å²) in [5.74, 6) is -0.695. The number of ether oxygens (including phenoxy) is 1. The molecule has 48 heavy (non-hydrogen) atoms. The fraction of sp³-hybridized carbons (Fsp3) is 0.389. The van der Waals surface area contributed by atoms with Gasteiger partial charge in [0.05, 0.1) is 51.2 Å². The number of methoxy groups -OCH3 is 1. The van der Waals surface area contributed by atoms with E-state index in [4.69, 9.17) is 32.9 Å². The summed E-state index contributed by atoms with van der Waals surface area (Å²) in [6.07, 6.45) is 3.07. The highest BCUT2D eigenvalue weighted by atomic mass is 35.5. The van der Waals surface area contributed by atoms with Crippen molar-refractivity contribution in [1.29, 1.82) is 0 Å². The Balaban J connectivity index is 1.63. The summed E-state index contributed by atoms with van der Waals surface area (Å²) in [5, 5.41) is 12.0. The van der Waals surface area contributed by atoms with Crippen LogP contribution in [0, 0.1) is 11.6 Å². The molecule has 4 aromatic rings. The van der Waals surface area contributed by atoms with E-state index < -0.39 is 23.2 Å². The molecule has 0 radical (unpaired) electrons. The van der Waals surface area contributed by atoms with Gasteiger partial charge in [-0.15, -0.1) is 0 Å². The van der Waals surface area contributed by atoms with E-state index in [2.05, 4.69) is 40.4 Å². The Morgan fingerprint density at radius 2 is 1.75 bits per heavy atom. The Kier molecular flexibility index (Phi) is 11.8. The minimum atomic E-state index is -0.995. The number of benzene rings is 3. The van der Waals surface area contributed by atoms with Gasteiger partial charge in [-0.1, -0.05) is 43.1 Å². The molecule has 258 valence electrons. The summed E-state index contributed by atoms with van der Waals surface area (Å²) in [6.45, 7) is 6.96. The number of rotatable bonds is 15. The van der Waals surface area contributed by atoms with E-state index in [0.29, 0.717) is 46.5 Å². The van der Waals surface area contributed by atoms with Gasteiger partial charge >= 0.3 is 5.97 Å². The second-order valence-corrected chi connectivity index (χ2v) is 14.3. The van der Waals surface area contributed by atoms with Crippen molar-refractivity contribution in [3.8, 4) is 11.4 Å². The molecule has 0 saturated heterocycles. The van der Waals surface area contributed by atoms with E-state index in [0.717, 1.165) is 28.7 Å². The van der Waals surface area contributed by atoms with E-state index >= 15 is 4.39 Å². The molecule has 1 unspecified atom stereocenters. The van der Waals surface area contributed by atoms with Gasteiger partial charge in [0.25, 0.3) is 0 Å². The summed E-state index contributed by atoms with van der Waals surface area (Å²) < 4.78 is 37.8. The Morgan fingerprint density at radius 3 is 2.35 bits per heavy atom. The first kappa shape index (κ1) is 37.1. The third-order valence-corrected chi connectivity index (χ3v) is 9.15. The summed E-state index contributed by atoms with van der Waals surface area (Å²) in [6, 6.07) is 13.8. The lowest BCUT2D eigenvalue weighted by molar-refractivity contribution is -0.870. The largest absolute Gasteiger partial charge is 0.495 e. The number of hydrogen-bond donors (Lipinski definition) is 2. The zero-order chi connectivity index (χ0) is 35.4. The van der Waals surface area contributed by atoms with E-state index in [1.165, 1.54) is 18.2 Å². The van der Waals surface area contributed by atoms with Gasteiger partial charge in [0.2, 0.25) is 0 Å². The van der Waals surface area contributed by atoms with Crippen LogP contribution in [0.3, 0.4) is 0 Å². The van der Waals surface area contributed by atoms with Crippen LogP contribution in [0.4, 0.5) is 14.5 Å². The predicted molar refractivity (Wildman–Crippen MR) is 187 cm³/mol. The molecule has 3 aromatic carbocycles. The Bertz CT molecular complexity index is 1720. The molecule has 1 heterocycles. The van der Waals surface area contributed by atoms with Crippen LogP contribution in [0.15, 0.2) is 60.8 Å². The maximum atomic E-state index is 15.7. The zero-order valence-electron chi connectivity index (χ0n) is 28.5. The first-order valence-corrected chi connectivity index (χ1v) is 16.5.